The van der Waals surface area contributed by atoms with Crippen LogP contribution in [0.25, 0.3) is 11.4 Å². The van der Waals surface area contributed by atoms with E-state index in [2.05, 4.69) is 9.97 Å². The quantitative estimate of drug-likeness (QED) is 0.776. The lowest BCUT2D eigenvalue weighted by Gasteiger charge is -2.03. The highest BCUT2D eigenvalue weighted by Crippen LogP contribution is 2.20. The summed E-state index contributed by atoms with van der Waals surface area (Å²) in [5, 5.41) is 11.7. The summed E-state index contributed by atoms with van der Waals surface area (Å²) in [4.78, 5) is 19.2. The Morgan fingerprint density at radius 3 is 2.61 bits per heavy atom. The minimum absolute atomic E-state index is 0.142. The molecule has 0 unspecified atom stereocenters. The van der Waals surface area contributed by atoms with Crippen molar-refractivity contribution in [3.8, 4) is 17.3 Å². The molecule has 0 saturated heterocycles. The third-order valence-electron chi connectivity index (χ3n) is 2.28. The lowest BCUT2D eigenvalue weighted by molar-refractivity contribution is 0.0519. The molecule has 18 heavy (non-hydrogen) atoms. The fourth-order valence-corrected chi connectivity index (χ4v) is 1.44. The fraction of sp³-hybridized carbons (Fsp3) is 0.154. The topological polar surface area (TPSA) is 72.0 Å². The van der Waals surface area contributed by atoms with Gasteiger partial charge in [0.15, 0.2) is 5.82 Å². The van der Waals surface area contributed by atoms with Crippen LogP contribution >= 0.6 is 0 Å². The molecule has 1 aromatic carbocycles. The van der Waals surface area contributed by atoms with Crippen molar-refractivity contribution in [1.29, 1.82) is 0 Å². The van der Waals surface area contributed by atoms with E-state index in [1.807, 2.05) is 18.2 Å². The number of rotatable bonds is 3. The lowest BCUT2D eigenvalue weighted by Crippen LogP contribution is -2.06. The first-order valence-corrected chi connectivity index (χ1v) is 5.49. The zero-order valence-electron chi connectivity index (χ0n) is 9.79. The van der Waals surface area contributed by atoms with Gasteiger partial charge in [-0.25, -0.2) is 9.78 Å². The number of nitrogens with zero attached hydrogens (tertiary/aromatic N) is 2. The van der Waals surface area contributed by atoms with E-state index in [1.165, 1.54) is 6.20 Å². The SMILES string of the molecule is CCOC(=O)c1cnc(-c2ccccc2)nc1[O]. The monoisotopic (exact) mass is 243 g/mol. The number of hydrogen-bond donors (Lipinski definition) is 0. The van der Waals surface area contributed by atoms with Crippen molar-refractivity contribution >= 4 is 5.97 Å². The number of hydrogen-bond acceptors (Lipinski definition) is 4. The van der Waals surface area contributed by atoms with Crippen molar-refractivity contribution in [3.63, 3.8) is 0 Å². The molecule has 0 N–H and O–H groups in total. The second-order valence-corrected chi connectivity index (χ2v) is 3.50. The van der Waals surface area contributed by atoms with Crippen molar-refractivity contribution < 1.29 is 14.6 Å². The van der Waals surface area contributed by atoms with Gasteiger partial charge in [-0.15, -0.1) is 0 Å². The molecule has 5 nitrogen and oxygen atoms in total. The van der Waals surface area contributed by atoms with Crippen LogP contribution in [0.3, 0.4) is 0 Å². The summed E-state index contributed by atoms with van der Waals surface area (Å²) in [6.45, 7) is 1.88. The third kappa shape index (κ3) is 2.45. The predicted molar refractivity (Wildman–Crippen MR) is 63.6 cm³/mol. The number of carbonyl (C=O) groups is 1. The molecule has 0 aliphatic heterocycles. The Labute approximate surface area is 104 Å². The molecule has 91 valence electrons. The molecule has 0 atom stereocenters. The predicted octanol–water partition coefficient (Wildman–Crippen LogP) is 2.46. The van der Waals surface area contributed by atoms with Gasteiger partial charge in [-0.3, -0.25) is 5.11 Å². The van der Waals surface area contributed by atoms with E-state index in [4.69, 9.17) is 4.74 Å². The van der Waals surface area contributed by atoms with E-state index in [1.54, 1.807) is 19.1 Å². The number of carbonyl (C=O) groups excluding carboxylic acids is 1. The van der Waals surface area contributed by atoms with Crippen LogP contribution < -0.4 is 0 Å². The third-order valence-corrected chi connectivity index (χ3v) is 2.28. The minimum Gasteiger partial charge on any atom is -0.462 e. The molecular weight excluding hydrogens is 232 g/mol. The van der Waals surface area contributed by atoms with E-state index in [9.17, 15) is 9.90 Å². The number of ether oxygens (including phenoxy) is 1. The first-order chi connectivity index (χ1) is 8.72. The zero-order chi connectivity index (χ0) is 13.0. The van der Waals surface area contributed by atoms with Crippen molar-refractivity contribution in [1.82, 2.24) is 9.97 Å². The molecule has 2 aromatic rings. The second kappa shape index (κ2) is 5.27. The Morgan fingerprint density at radius 2 is 2.00 bits per heavy atom. The summed E-state index contributed by atoms with van der Waals surface area (Å²) in [6.07, 6.45) is 1.20. The molecule has 0 amide bonds. The highest BCUT2D eigenvalue weighted by molar-refractivity contribution is 5.91. The van der Waals surface area contributed by atoms with Gasteiger partial charge in [-0.05, 0) is 6.92 Å². The first kappa shape index (κ1) is 12.0. The number of esters is 1. The Morgan fingerprint density at radius 1 is 1.28 bits per heavy atom. The normalized spacial score (nSPS) is 10.1. The van der Waals surface area contributed by atoms with Crippen molar-refractivity contribution in [2.75, 3.05) is 6.61 Å². The van der Waals surface area contributed by atoms with Gasteiger partial charge < -0.3 is 4.74 Å². The molecule has 5 heteroatoms. The van der Waals surface area contributed by atoms with Crippen LogP contribution in [0.1, 0.15) is 17.3 Å². The maximum atomic E-state index is 11.7. The van der Waals surface area contributed by atoms with Crippen molar-refractivity contribution in [3.05, 3.63) is 42.1 Å². The van der Waals surface area contributed by atoms with Crippen LogP contribution in [0, 0.1) is 0 Å². The first-order valence-electron chi connectivity index (χ1n) is 5.49. The van der Waals surface area contributed by atoms with E-state index in [-0.39, 0.29) is 12.2 Å². The second-order valence-electron chi connectivity index (χ2n) is 3.50. The minimum atomic E-state index is -0.692. The average molecular weight is 243 g/mol. The van der Waals surface area contributed by atoms with E-state index in [0.29, 0.717) is 5.82 Å². The largest absolute Gasteiger partial charge is 0.462 e. The molecule has 0 spiro atoms. The molecule has 0 bridgehead atoms. The van der Waals surface area contributed by atoms with Crippen LogP contribution in [0.5, 0.6) is 5.88 Å². The van der Waals surface area contributed by atoms with Crippen molar-refractivity contribution in [2.45, 2.75) is 6.92 Å². The smallest absolute Gasteiger partial charge is 0.345 e. The van der Waals surface area contributed by atoms with Crippen molar-refractivity contribution in [2.24, 2.45) is 0 Å². The molecule has 0 fully saturated rings. The number of aromatic nitrogens is 2. The highest BCUT2D eigenvalue weighted by Gasteiger charge is 2.17. The highest BCUT2D eigenvalue weighted by atomic mass is 16.5. The van der Waals surface area contributed by atoms with Gasteiger partial charge in [-0.1, -0.05) is 30.3 Å². The van der Waals surface area contributed by atoms with Crippen LogP contribution in [-0.2, 0) is 9.84 Å². The Balaban J connectivity index is 2.34. The van der Waals surface area contributed by atoms with Gasteiger partial charge in [0.1, 0.15) is 5.56 Å². The van der Waals surface area contributed by atoms with Gasteiger partial charge in [-0.2, -0.15) is 4.98 Å². The summed E-state index contributed by atoms with van der Waals surface area (Å²) < 4.78 is 4.74. The maximum absolute atomic E-state index is 11.7. The summed E-state index contributed by atoms with van der Waals surface area (Å²) in [6, 6.07) is 9.08. The fourth-order valence-electron chi connectivity index (χ4n) is 1.44. The Hall–Kier alpha value is -2.43. The van der Waals surface area contributed by atoms with E-state index in [0.717, 1.165) is 5.56 Å². The molecule has 0 saturated carbocycles. The summed E-state index contributed by atoms with van der Waals surface area (Å²) in [7, 11) is 0. The zero-order valence-corrected chi connectivity index (χ0v) is 9.79. The van der Waals surface area contributed by atoms with Gasteiger partial charge in [0.2, 0.25) is 0 Å². The molecule has 1 radical (unpaired) electrons. The van der Waals surface area contributed by atoms with Gasteiger partial charge >= 0.3 is 5.97 Å². The van der Waals surface area contributed by atoms with Crippen LogP contribution in [0.15, 0.2) is 36.5 Å². The van der Waals surface area contributed by atoms with E-state index < -0.39 is 11.8 Å². The van der Waals surface area contributed by atoms with Gasteiger partial charge in [0.25, 0.3) is 5.88 Å². The van der Waals surface area contributed by atoms with E-state index >= 15 is 0 Å². The van der Waals surface area contributed by atoms with Gasteiger partial charge in [0, 0.05) is 11.8 Å². The van der Waals surface area contributed by atoms with Crippen LogP contribution in [0.2, 0.25) is 0 Å². The average Bonchev–Trinajstić information content (AvgIpc) is 2.40. The summed E-state index contributed by atoms with van der Waals surface area (Å²) in [5.74, 6) is -1.02. The maximum Gasteiger partial charge on any atom is 0.345 e. The summed E-state index contributed by atoms with van der Waals surface area (Å²) in [5.41, 5.74) is 0.585. The molecule has 2 rings (SSSR count). The standard InChI is InChI=1S/C13H11N2O3/c1-2-18-13(17)10-8-14-11(15-12(10)16)9-6-4-3-5-7-9/h3-8H,2H2,1H3. The Bertz CT molecular complexity index is 555. The molecule has 0 aliphatic carbocycles. The molecule has 1 heterocycles. The lowest BCUT2D eigenvalue weighted by atomic mass is 10.2. The summed E-state index contributed by atoms with van der Waals surface area (Å²) >= 11 is 0. The number of benzene rings is 1. The Kier molecular flexibility index (Phi) is 3.52. The van der Waals surface area contributed by atoms with Gasteiger partial charge in [0.05, 0.1) is 6.61 Å². The van der Waals surface area contributed by atoms with Crippen LogP contribution in [-0.4, -0.2) is 22.5 Å². The molecule has 1 aromatic heterocycles. The molecule has 0 aliphatic rings. The molecular formula is C13H11N2O3. The van der Waals surface area contributed by atoms with Crippen LogP contribution in [0.4, 0.5) is 0 Å².